The van der Waals surface area contributed by atoms with Crippen molar-refractivity contribution in [3.05, 3.63) is 17.0 Å². The first-order chi connectivity index (χ1) is 11.2. The lowest BCUT2D eigenvalue weighted by atomic mass is 9.95. The molecule has 23 heavy (non-hydrogen) atoms. The molecular weight excluding hydrogens is 296 g/mol. The minimum atomic E-state index is -0.458. The molecule has 0 spiro atoms. The van der Waals surface area contributed by atoms with E-state index in [1.165, 1.54) is 7.05 Å². The van der Waals surface area contributed by atoms with Gasteiger partial charge in [0, 0.05) is 24.8 Å². The molecule has 0 radical (unpaired) electrons. The lowest BCUT2D eigenvalue weighted by Gasteiger charge is -2.35. The fourth-order valence-corrected chi connectivity index (χ4v) is 3.48. The maximum atomic E-state index is 12.9. The van der Waals surface area contributed by atoms with Crippen LogP contribution < -0.4 is 5.32 Å². The van der Waals surface area contributed by atoms with E-state index in [1.807, 2.05) is 4.90 Å². The Balaban J connectivity index is 1.73. The molecule has 1 aromatic heterocycles. The van der Waals surface area contributed by atoms with E-state index in [-0.39, 0.29) is 18.6 Å². The predicted molar refractivity (Wildman–Crippen MR) is 84.3 cm³/mol. The lowest BCUT2D eigenvalue weighted by molar-refractivity contribution is 0.0445. The molecule has 1 unspecified atom stereocenters. The number of hydrogen-bond acceptors (Lipinski definition) is 4. The van der Waals surface area contributed by atoms with Crippen LogP contribution in [-0.4, -0.2) is 53.3 Å². The molecule has 0 saturated carbocycles. The third kappa shape index (κ3) is 3.33. The second-order valence-electron chi connectivity index (χ2n) is 6.23. The highest BCUT2D eigenvalue weighted by Gasteiger charge is 2.32. The number of rotatable bonds is 3. The number of aromatic nitrogens is 2. The Bertz CT molecular complexity index is 584. The Kier molecular flexibility index (Phi) is 4.83. The van der Waals surface area contributed by atoms with Gasteiger partial charge in [0.1, 0.15) is 6.61 Å². The summed E-state index contributed by atoms with van der Waals surface area (Å²) in [7, 11) is 1.53. The van der Waals surface area contributed by atoms with E-state index in [9.17, 15) is 9.59 Å². The van der Waals surface area contributed by atoms with E-state index in [0.717, 1.165) is 56.2 Å². The summed E-state index contributed by atoms with van der Waals surface area (Å²) in [6.07, 6.45) is 6.57. The number of nitrogens with one attached hydrogen (secondary N) is 2. The zero-order valence-corrected chi connectivity index (χ0v) is 13.6. The van der Waals surface area contributed by atoms with Crippen molar-refractivity contribution in [2.24, 2.45) is 0 Å². The maximum absolute atomic E-state index is 12.9. The topological polar surface area (TPSA) is 87.3 Å². The molecular formula is C16H24N4O3. The molecule has 2 heterocycles. The molecule has 2 aliphatic rings. The van der Waals surface area contributed by atoms with E-state index < -0.39 is 6.09 Å². The molecule has 126 valence electrons. The van der Waals surface area contributed by atoms with Crippen molar-refractivity contribution in [1.29, 1.82) is 0 Å². The summed E-state index contributed by atoms with van der Waals surface area (Å²) in [5, 5.41) is 9.75. The molecule has 1 saturated heterocycles. The van der Waals surface area contributed by atoms with Gasteiger partial charge in [0.25, 0.3) is 5.91 Å². The SMILES string of the molecule is CNC(=O)OCC1CCCCN1C(=O)c1n[nH]c2c1CCCC2. The number of likely N-dealkylation sites (tertiary alicyclic amines) is 1. The lowest BCUT2D eigenvalue weighted by Crippen LogP contribution is -2.47. The van der Waals surface area contributed by atoms with Gasteiger partial charge >= 0.3 is 6.09 Å². The van der Waals surface area contributed by atoms with Gasteiger partial charge in [0.05, 0.1) is 6.04 Å². The van der Waals surface area contributed by atoms with Crippen molar-refractivity contribution in [1.82, 2.24) is 20.4 Å². The van der Waals surface area contributed by atoms with Gasteiger partial charge in [-0.05, 0) is 44.9 Å². The number of H-pyrrole nitrogens is 1. The summed E-state index contributed by atoms with van der Waals surface area (Å²) in [6, 6.07) is -0.0653. The predicted octanol–water partition coefficient (Wildman–Crippen LogP) is 1.64. The van der Waals surface area contributed by atoms with Crippen LogP contribution in [0.5, 0.6) is 0 Å². The molecule has 0 bridgehead atoms. The number of ether oxygens (including phenoxy) is 1. The number of aryl methyl sites for hydroxylation is 1. The second kappa shape index (κ2) is 7.02. The van der Waals surface area contributed by atoms with Crippen LogP contribution in [0.15, 0.2) is 0 Å². The van der Waals surface area contributed by atoms with Crippen molar-refractivity contribution < 1.29 is 14.3 Å². The minimum absolute atomic E-state index is 0.0328. The van der Waals surface area contributed by atoms with Crippen LogP contribution >= 0.6 is 0 Å². The van der Waals surface area contributed by atoms with Crippen LogP contribution in [0.2, 0.25) is 0 Å². The van der Waals surface area contributed by atoms with Crippen LogP contribution in [0.1, 0.15) is 53.8 Å². The number of piperidine rings is 1. The average Bonchev–Trinajstić information content (AvgIpc) is 3.03. The molecule has 1 aliphatic heterocycles. The molecule has 7 heteroatoms. The zero-order chi connectivity index (χ0) is 16.2. The van der Waals surface area contributed by atoms with Gasteiger partial charge in [-0.25, -0.2) is 4.79 Å². The van der Waals surface area contributed by atoms with Crippen molar-refractivity contribution in [3.63, 3.8) is 0 Å². The first-order valence-corrected chi connectivity index (χ1v) is 8.42. The number of nitrogens with zero attached hydrogens (tertiary/aromatic N) is 2. The van der Waals surface area contributed by atoms with Crippen LogP contribution in [0.4, 0.5) is 4.79 Å². The number of carbonyl (C=O) groups excluding carboxylic acids is 2. The van der Waals surface area contributed by atoms with Gasteiger partial charge in [-0.2, -0.15) is 5.10 Å². The molecule has 1 fully saturated rings. The Labute approximate surface area is 135 Å². The first-order valence-electron chi connectivity index (χ1n) is 8.42. The van der Waals surface area contributed by atoms with Crippen molar-refractivity contribution >= 4 is 12.0 Å². The van der Waals surface area contributed by atoms with Crippen molar-refractivity contribution in [2.45, 2.75) is 51.0 Å². The van der Waals surface area contributed by atoms with E-state index in [0.29, 0.717) is 12.2 Å². The van der Waals surface area contributed by atoms with E-state index in [4.69, 9.17) is 4.74 Å². The van der Waals surface area contributed by atoms with Gasteiger partial charge in [-0.1, -0.05) is 0 Å². The zero-order valence-electron chi connectivity index (χ0n) is 13.6. The summed E-state index contributed by atoms with van der Waals surface area (Å²) >= 11 is 0. The monoisotopic (exact) mass is 320 g/mol. The quantitative estimate of drug-likeness (QED) is 0.886. The highest BCUT2D eigenvalue weighted by atomic mass is 16.5. The summed E-state index contributed by atoms with van der Waals surface area (Å²) in [6.45, 7) is 0.931. The van der Waals surface area contributed by atoms with Crippen LogP contribution in [-0.2, 0) is 17.6 Å². The number of alkyl carbamates (subject to hydrolysis) is 1. The summed E-state index contributed by atoms with van der Waals surface area (Å²) < 4.78 is 5.17. The number of fused-ring (bicyclic) bond motifs is 1. The Hall–Kier alpha value is -2.05. The van der Waals surface area contributed by atoms with Crippen LogP contribution in [0, 0.1) is 0 Å². The summed E-state index contributed by atoms with van der Waals surface area (Å²) in [5.41, 5.74) is 2.75. The van der Waals surface area contributed by atoms with Crippen molar-refractivity contribution in [2.75, 3.05) is 20.2 Å². The van der Waals surface area contributed by atoms with E-state index in [2.05, 4.69) is 15.5 Å². The third-order valence-corrected chi connectivity index (χ3v) is 4.76. The molecule has 3 rings (SSSR count). The van der Waals surface area contributed by atoms with Gasteiger partial charge in [-0.3, -0.25) is 9.89 Å². The Morgan fingerprint density at radius 1 is 1.30 bits per heavy atom. The highest BCUT2D eigenvalue weighted by molar-refractivity contribution is 5.94. The molecule has 2 N–H and O–H groups in total. The molecule has 1 atom stereocenters. The molecule has 1 aliphatic carbocycles. The number of carbonyl (C=O) groups is 2. The Morgan fingerprint density at radius 3 is 2.96 bits per heavy atom. The van der Waals surface area contributed by atoms with E-state index in [1.54, 1.807) is 0 Å². The standard InChI is InChI=1S/C16H24N4O3/c1-17-16(22)23-10-11-6-4-5-9-20(11)15(21)14-12-7-2-3-8-13(12)18-19-14/h11H,2-10H2,1H3,(H,17,22)(H,18,19). The molecule has 7 nitrogen and oxygen atoms in total. The van der Waals surface area contributed by atoms with Gasteiger partial charge in [0.2, 0.25) is 0 Å². The molecule has 1 aromatic rings. The Morgan fingerprint density at radius 2 is 2.13 bits per heavy atom. The highest BCUT2D eigenvalue weighted by Crippen LogP contribution is 2.26. The number of aromatic amines is 1. The first kappa shape index (κ1) is 15.8. The fraction of sp³-hybridized carbons (Fsp3) is 0.688. The second-order valence-corrected chi connectivity index (χ2v) is 6.23. The largest absolute Gasteiger partial charge is 0.447 e. The van der Waals surface area contributed by atoms with Crippen molar-refractivity contribution in [3.8, 4) is 0 Å². The smallest absolute Gasteiger partial charge is 0.406 e. The third-order valence-electron chi connectivity index (χ3n) is 4.76. The summed E-state index contributed by atoms with van der Waals surface area (Å²) in [5.74, 6) is -0.0328. The van der Waals surface area contributed by atoms with Gasteiger partial charge < -0.3 is 15.0 Å². The number of hydrogen-bond donors (Lipinski definition) is 2. The molecule has 2 amide bonds. The average molecular weight is 320 g/mol. The van der Waals surface area contributed by atoms with E-state index >= 15 is 0 Å². The molecule has 0 aromatic carbocycles. The minimum Gasteiger partial charge on any atom is -0.447 e. The maximum Gasteiger partial charge on any atom is 0.406 e. The fourth-order valence-electron chi connectivity index (χ4n) is 3.48. The van der Waals surface area contributed by atoms with Crippen LogP contribution in [0.25, 0.3) is 0 Å². The van der Waals surface area contributed by atoms with Crippen LogP contribution in [0.3, 0.4) is 0 Å². The summed E-state index contributed by atoms with van der Waals surface area (Å²) in [4.78, 5) is 26.1. The normalized spacial score (nSPS) is 20.7. The number of amides is 2. The van der Waals surface area contributed by atoms with Gasteiger partial charge in [-0.15, -0.1) is 0 Å². The van der Waals surface area contributed by atoms with Gasteiger partial charge in [0.15, 0.2) is 5.69 Å².